The van der Waals surface area contributed by atoms with E-state index in [-0.39, 0.29) is 0 Å². The molecule has 0 N–H and O–H groups in total. The van der Waals surface area contributed by atoms with Crippen LogP contribution in [0.2, 0.25) is 0 Å². The molecule has 0 amide bonds. The molecule has 0 aliphatic rings. The Morgan fingerprint density at radius 1 is 0.345 bits per heavy atom. The molecule has 58 heavy (non-hydrogen) atoms. The maximum atomic E-state index is 5.44. The van der Waals surface area contributed by atoms with Gasteiger partial charge in [0.2, 0.25) is 5.95 Å². The van der Waals surface area contributed by atoms with Crippen molar-refractivity contribution in [2.45, 2.75) is 0 Å². The number of fused-ring (bicyclic) bond motifs is 9. The van der Waals surface area contributed by atoms with Crippen LogP contribution >= 0.6 is 11.3 Å². The SMILES string of the molecule is c1ccc(-c2nc(-n3c4c(-c5cccc(-c6cccc(-c7ccc8c(c7)sc7ccccc78)c6)c5)cccc4c4ccc5ccccc5c43)nc3ccccc23)cc1. The summed E-state index contributed by atoms with van der Waals surface area (Å²) in [5, 5.41) is 8.36. The Labute approximate surface area is 338 Å². The quantitative estimate of drug-likeness (QED) is 0.175. The van der Waals surface area contributed by atoms with Crippen LogP contribution in [0, 0.1) is 0 Å². The van der Waals surface area contributed by atoms with Crippen LogP contribution in [0.15, 0.2) is 200 Å². The highest BCUT2D eigenvalue weighted by Gasteiger charge is 2.22. The molecule has 0 saturated carbocycles. The van der Waals surface area contributed by atoms with Crippen molar-refractivity contribution >= 4 is 75.0 Å². The Balaban J connectivity index is 1.06. The van der Waals surface area contributed by atoms with E-state index in [1.54, 1.807) is 0 Å². The summed E-state index contributed by atoms with van der Waals surface area (Å²) in [6.45, 7) is 0. The largest absolute Gasteiger partial charge is 0.277 e. The van der Waals surface area contributed by atoms with Gasteiger partial charge in [-0.3, -0.25) is 4.57 Å². The van der Waals surface area contributed by atoms with Crippen LogP contribution < -0.4 is 0 Å². The standard InChI is InChI=1S/C54H33N3S/c1-2-14-35(15-3-1)51-47-22-6-8-25-48(47)55-54(56-51)57-52-41-20-5-4-13-34(41)27-30-46(52)45-24-12-23-42(53(45)57)40-19-11-18-38(32-40)36-16-10-17-37(31-36)39-28-29-44-43-21-7-9-26-49(43)58-50(44)33-39/h1-33H. The van der Waals surface area contributed by atoms with Crippen LogP contribution in [0.3, 0.4) is 0 Å². The summed E-state index contributed by atoms with van der Waals surface area (Å²) >= 11 is 1.86. The fraction of sp³-hybridized carbons (Fsp3) is 0. The number of hydrogen-bond donors (Lipinski definition) is 0. The number of para-hydroxylation sites is 2. The summed E-state index contributed by atoms with van der Waals surface area (Å²) in [7, 11) is 0. The normalized spacial score (nSPS) is 11.8. The second kappa shape index (κ2) is 13.1. The Bertz CT molecular complexity index is 3580. The average molecular weight is 756 g/mol. The average Bonchev–Trinajstić information content (AvgIpc) is 3.85. The van der Waals surface area contributed by atoms with Crippen LogP contribution in [-0.4, -0.2) is 14.5 Å². The molecule has 3 heterocycles. The van der Waals surface area contributed by atoms with E-state index < -0.39 is 0 Å². The Hall–Kier alpha value is -7.40. The third-order valence-electron chi connectivity index (χ3n) is 11.6. The number of benzene rings is 9. The molecule has 270 valence electrons. The molecule has 0 aliphatic carbocycles. The fourth-order valence-electron chi connectivity index (χ4n) is 8.89. The first-order chi connectivity index (χ1) is 28.7. The summed E-state index contributed by atoms with van der Waals surface area (Å²) in [5.41, 5.74) is 12.1. The third kappa shape index (κ3) is 5.19. The van der Waals surface area contributed by atoms with Crippen molar-refractivity contribution in [1.82, 2.24) is 14.5 Å². The van der Waals surface area contributed by atoms with E-state index in [9.17, 15) is 0 Å². The lowest BCUT2D eigenvalue weighted by Gasteiger charge is -2.15. The van der Waals surface area contributed by atoms with Crippen LogP contribution in [0.5, 0.6) is 0 Å². The third-order valence-corrected chi connectivity index (χ3v) is 12.7. The lowest BCUT2D eigenvalue weighted by atomic mass is 9.95. The van der Waals surface area contributed by atoms with Crippen LogP contribution in [-0.2, 0) is 0 Å². The maximum Gasteiger partial charge on any atom is 0.235 e. The molecule has 0 radical (unpaired) electrons. The van der Waals surface area contributed by atoms with Crippen LogP contribution in [0.1, 0.15) is 0 Å². The van der Waals surface area contributed by atoms with Crippen molar-refractivity contribution in [3.05, 3.63) is 200 Å². The van der Waals surface area contributed by atoms with Crippen molar-refractivity contribution in [2.75, 3.05) is 0 Å². The fourth-order valence-corrected chi connectivity index (χ4v) is 10.0. The van der Waals surface area contributed by atoms with Gasteiger partial charge in [0.15, 0.2) is 0 Å². The monoisotopic (exact) mass is 755 g/mol. The molecule has 4 heteroatoms. The van der Waals surface area contributed by atoms with Gasteiger partial charge >= 0.3 is 0 Å². The molecule has 9 aromatic carbocycles. The van der Waals surface area contributed by atoms with Gasteiger partial charge < -0.3 is 0 Å². The lowest BCUT2D eigenvalue weighted by molar-refractivity contribution is 1.02. The van der Waals surface area contributed by atoms with Crippen molar-refractivity contribution < 1.29 is 0 Å². The van der Waals surface area contributed by atoms with E-state index in [2.05, 4.69) is 205 Å². The minimum absolute atomic E-state index is 0.654. The van der Waals surface area contributed by atoms with Gasteiger partial charge in [-0.25, -0.2) is 9.97 Å². The smallest absolute Gasteiger partial charge is 0.235 e. The van der Waals surface area contributed by atoms with E-state index in [4.69, 9.17) is 9.97 Å². The van der Waals surface area contributed by atoms with Crippen LogP contribution in [0.4, 0.5) is 0 Å². The van der Waals surface area contributed by atoms with Gasteiger partial charge in [0.25, 0.3) is 0 Å². The second-order valence-corrected chi connectivity index (χ2v) is 16.0. The highest BCUT2D eigenvalue weighted by atomic mass is 32.1. The predicted molar refractivity (Wildman–Crippen MR) is 246 cm³/mol. The Kier molecular flexibility index (Phi) is 7.40. The molecule has 3 nitrogen and oxygen atoms in total. The van der Waals surface area contributed by atoms with Gasteiger partial charge in [-0.05, 0) is 63.5 Å². The zero-order chi connectivity index (χ0) is 38.2. The minimum atomic E-state index is 0.654. The molecule has 0 fully saturated rings. The highest BCUT2D eigenvalue weighted by molar-refractivity contribution is 7.25. The lowest BCUT2D eigenvalue weighted by Crippen LogP contribution is -2.04. The first-order valence-corrected chi connectivity index (χ1v) is 20.5. The molecule has 0 saturated heterocycles. The molecule has 0 atom stereocenters. The van der Waals surface area contributed by atoms with E-state index >= 15 is 0 Å². The molecular weight excluding hydrogens is 723 g/mol. The van der Waals surface area contributed by atoms with Gasteiger partial charge in [-0.15, -0.1) is 11.3 Å². The number of thiophene rings is 1. The summed E-state index contributed by atoms with van der Waals surface area (Å²) in [6, 6.07) is 72.1. The second-order valence-electron chi connectivity index (χ2n) is 14.9. The molecule has 0 spiro atoms. The summed E-state index contributed by atoms with van der Waals surface area (Å²) in [5.74, 6) is 0.654. The van der Waals surface area contributed by atoms with Crippen molar-refractivity contribution in [3.8, 4) is 50.6 Å². The van der Waals surface area contributed by atoms with Gasteiger partial charge in [-0.2, -0.15) is 0 Å². The number of aromatic nitrogens is 3. The first kappa shape index (κ1) is 32.8. The Morgan fingerprint density at radius 2 is 0.931 bits per heavy atom. The van der Waals surface area contributed by atoms with Crippen molar-refractivity contribution in [2.24, 2.45) is 0 Å². The predicted octanol–water partition coefficient (Wildman–Crippen LogP) is 14.9. The molecule has 0 unspecified atom stereocenters. The summed E-state index contributed by atoms with van der Waals surface area (Å²) in [6.07, 6.45) is 0. The summed E-state index contributed by atoms with van der Waals surface area (Å²) < 4.78 is 4.96. The Morgan fingerprint density at radius 3 is 1.78 bits per heavy atom. The zero-order valence-electron chi connectivity index (χ0n) is 31.3. The molecular formula is C54H33N3S. The van der Waals surface area contributed by atoms with Crippen LogP contribution in [0.25, 0.3) is 114 Å². The molecule has 3 aromatic heterocycles. The minimum Gasteiger partial charge on any atom is -0.277 e. The molecule has 12 rings (SSSR count). The molecule has 12 aromatic rings. The first-order valence-electron chi connectivity index (χ1n) is 19.7. The van der Waals surface area contributed by atoms with Gasteiger partial charge in [0, 0.05) is 52.8 Å². The highest BCUT2D eigenvalue weighted by Crippen LogP contribution is 2.42. The van der Waals surface area contributed by atoms with Crippen molar-refractivity contribution in [1.29, 1.82) is 0 Å². The van der Waals surface area contributed by atoms with E-state index in [1.165, 1.54) is 64.0 Å². The van der Waals surface area contributed by atoms with Crippen molar-refractivity contribution in [3.63, 3.8) is 0 Å². The molecule has 0 aliphatic heterocycles. The van der Waals surface area contributed by atoms with E-state index in [1.807, 2.05) is 11.3 Å². The summed E-state index contributed by atoms with van der Waals surface area (Å²) in [4.78, 5) is 10.8. The number of nitrogens with zero attached hydrogens (tertiary/aromatic N) is 3. The number of hydrogen-bond acceptors (Lipinski definition) is 3. The number of rotatable bonds is 5. The zero-order valence-corrected chi connectivity index (χ0v) is 32.1. The van der Waals surface area contributed by atoms with Gasteiger partial charge in [0.05, 0.1) is 22.2 Å². The van der Waals surface area contributed by atoms with E-state index in [0.717, 1.165) is 44.3 Å². The molecule has 0 bridgehead atoms. The maximum absolute atomic E-state index is 5.44. The van der Waals surface area contributed by atoms with E-state index in [0.29, 0.717) is 5.95 Å². The van der Waals surface area contributed by atoms with Gasteiger partial charge in [0.1, 0.15) is 0 Å². The topological polar surface area (TPSA) is 30.7 Å². The van der Waals surface area contributed by atoms with Gasteiger partial charge in [-0.1, -0.05) is 170 Å².